The van der Waals surface area contributed by atoms with Crippen molar-refractivity contribution in [3.63, 3.8) is 0 Å². The Bertz CT molecular complexity index is 676. The molecule has 3 nitrogen and oxygen atoms in total. The Morgan fingerprint density at radius 1 is 1.32 bits per heavy atom. The average molecular weight is 259 g/mol. The molecule has 5 heteroatoms. The molecular formula is C14H11F2N3. The van der Waals surface area contributed by atoms with Crippen LogP contribution >= 0.6 is 0 Å². The van der Waals surface area contributed by atoms with E-state index in [2.05, 4.69) is 11.1 Å². The monoisotopic (exact) mass is 259 g/mol. The number of nitrogens with zero attached hydrogens (tertiary/aromatic N) is 3. The minimum atomic E-state index is -2.67. The van der Waals surface area contributed by atoms with Crippen LogP contribution in [0.25, 0.3) is 10.9 Å². The lowest BCUT2D eigenvalue weighted by molar-refractivity contribution is 0.0257. The van der Waals surface area contributed by atoms with E-state index >= 15 is 0 Å². The summed E-state index contributed by atoms with van der Waals surface area (Å²) in [7, 11) is 0. The maximum absolute atomic E-state index is 13.2. The maximum Gasteiger partial charge on any atom is 0.266 e. The first-order chi connectivity index (χ1) is 9.09. The van der Waals surface area contributed by atoms with Crippen LogP contribution in [0.3, 0.4) is 0 Å². The van der Waals surface area contributed by atoms with E-state index in [4.69, 9.17) is 5.26 Å². The first kappa shape index (κ1) is 11.8. The van der Waals surface area contributed by atoms with E-state index in [1.54, 1.807) is 12.1 Å². The summed E-state index contributed by atoms with van der Waals surface area (Å²) >= 11 is 0. The Morgan fingerprint density at radius 3 is 2.79 bits per heavy atom. The van der Waals surface area contributed by atoms with Gasteiger partial charge in [-0.15, -0.1) is 0 Å². The predicted octanol–water partition coefficient (Wildman–Crippen LogP) is 2.95. The summed E-state index contributed by atoms with van der Waals surface area (Å²) in [6, 6.07) is 10.9. The molecule has 1 aliphatic heterocycles. The van der Waals surface area contributed by atoms with Crippen molar-refractivity contribution in [2.24, 2.45) is 0 Å². The lowest BCUT2D eigenvalue weighted by Crippen LogP contribution is -2.25. The van der Waals surface area contributed by atoms with Crippen LogP contribution in [0.1, 0.15) is 12.0 Å². The molecule has 0 radical (unpaired) electrons. The molecule has 1 fully saturated rings. The van der Waals surface area contributed by atoms with Gasteiger partial charge in [-0.05, 0) is 12.1 Å². The predicted molar refractivity (Wildman–Crippen MR) is 68.2 cm³/mol. The quantitative estimate of drug-likeness (QED) is 0.790. The summed E-state index contributed by atoms with van der Waals surface area (Å²) in [6.07, 6.45) is -0.163. The van der Waals surface area contributed by atoms with Crippen LogP contribution in [0, 0.1) is 11.3 Å². The molecule has 96 valence electrons. The second kappa shape index (κ2) is 4.16. The number of aromatic nitrogens is 1. The Hall–Kier alpha value is -2.22. The van der Waals surface area contributed by atoms with Crippen molar-refractivity contribution in [3.8, 4) is 6.07 Å². The van der Waals surface area contributed by atoms with Crippen molar-refractivity contribution in [2.45, 2.75) is 12.3 Å². The first-order valence-corrected chi connectivity index (χ1v) is 6.02. The third kappa shape index (κ3) is 2.10. The zero-order valence-corrected chi connectivity index (χ0v) is 10.1. The highest BCUT2D eigenvalue weighted by Crippen LogP contribution is 2.31. The molecule has 2 heterocycles. The van der Waals surface area contributed by atoms with E-state index in [1.807, 2.05) is 18.2 Å². The average Bonchev–Trinajstić information content (AvgIpc) is 2.78. The molecule has 3 rings (SSSR count). The van der Waals surface area contributed by atoms with Crippen molar-refractivity contribution >= 4 is 16.7 Å². The number of para-hydroxylation sites is 1. The third-order valence-electron chi connectivity index (χ3n) is 3.32. The molecule has 0 unspecified atom stereocenters. The summed E-state index contributed by atoms with van der Waals surface area (Å²) in [5, 5.41) is 9.91. The van der Waals surface area contributed by atoms with Crippen LogP contribution in [0.15, 0.2) is 30.3 Å². The fourth-order valence-corrected chi connectivity index (χ4v) is 2.35. The van der Waals surface area contributed by atoms with Crippen molar-refractivity contribution < 1.29 is 8.78 Å². The number of hydrogen-bond acceptors (Lipinski definition) is 3. The molecule has 1 aromatic carbocycles. The number of fused-ring (bicyclic) bond motifs is 1. The van der Waals surface area contributed by atoms with Crippen LogP contribution in [-0.4, -0.2) is 24.0 Å². The van der Waals surface area contributed by atoms with E-state index in [0.29, 0.717) is 16.9 Å². The van der Waals surface area contributed by atoms with Crippen LogP contribution in [-0.2, 0) is 0 Å². The Morgan fingerprint density at radius 2 is 2.11 bits per heavy atom. The molecular weight excluding hydrogens is 248 g/mol. The van der Waals surface area contributed by atoms with Crippen LogP contribution in [0.2, 0.25) is 0 Å². The highest BCUT2D eigenvalue weighted by atomic mass is 19.3. The van der Waals surface area contributed by atoms with Gasteiger partial charge in [-0.25, -0.2) is 13.8 Å². The second-order valence-electron chi connectivity index (χ2n) is 4.68. The molecule has 0 amide bonds. The topological polar surface area (TPSA) is 39.9 Å². The SMILES string of the molecule is N#Cc1cc(N2CCC(F)(F)C2)nc2ccccc12. The number of benzene rings is 1. The highest BCUT2D eigenvalue weighted by Gasteiger charge is 2.38. The number of anilines is 1. The minimum absolute atomic E-state index is 0.163. The molecule has 1 saturated heterocycles. The molecule has 1 aromatic heterocycles. The van der Waals surface area contributed by atoms with Gasteiger partial charge in [0, 0.05) is 18.4 Å². The van der Waals surface area contributed by atoms with Gasteiger partial charge in [0.15, 0.2) is 0 Å². The number of alkyl halides is 2. The van der Waals surface area contributed by atoms with Crippen molar-refractivity contribution in [1.29, 1.82) is 5.26 Å². The Kier molecular flexibility index (Phi) is 2.59. The van der Waals surface area contributed by atoms with Gasteiger partial charge < -0.3 is 4.90 Å². The van der Waals surface area contributed by atoms with Crippen molar-refractivity contribution in [3.05, 3.63) is 35.9 Å². The number of pyridine rings is 1. The molecule has 0 bridgehead atoms. The number of hydrogen-bond donors (Lipinski definition) is 0. The number of halogens is 2. The standard InChI is InChI=1S/C14H11F2N3/c15-14(16)5-6-19(9-14)13-7-10(8-17)11-3-1-2-4-12(11)18-13/h1-4,7H,5-6,9H2. The lowest BCUT2D eigenvalue weighted by atomic mass is 10.1. The fourth-order valence-electron chi connectivity index (χ4n) is 2.35. The highest BCUT2D eigenvalue weighted by molar-refractivity contribution is 5.86. The van der Waals surface area contributed by atoms with Gasteiger partial charge in [-0.1, -0.05) is 18.2 Å². The van der Waals surface area contributed by atoms with Gasteiger partial charge in [-0.2, -0.15) is 5.26 Å². The van der Waals surface area contributed by atoms with Crippen molar-refractivity contribution in [2.75, 3.05) is 18.0 Å². The van der Waals surface area contributed by atoms with E-state index in [-0.39, 0.29) is 19.5 Å². The fraction of sp³-hybridized carbons (Fsp3) is 0.286. The summed E-state index contributed by atoms with van der Waals surface area (Å²) in [6.45, 7) is -0.0631. The number of nitriles is 1. The van der Waals surface area contributed by atoms with Crippen LogP contribution < -0.4 is 4.90 Å². The molecule has 0 atom stereocenters. The van der Waals surface area contributed by atoms with Gasteiger partial charge >= 0.3 is 0 Å². The number of rotatable bonds is 1. The van der Waals surface area contributed by atoms with Crippen LogP contribution in [0.5, 0.6) is 0 Å². The molecule has 0 spiro atoms. The zero-order chi connectivity index (χ0) is 13.5. The summed E-state index contributed by atoms with van der Waals surface area (Å²) in [5.74, 6) is -2.22. The zero-order valence-electron chi connectivity index (χ0n) is 10.1. The molecule has 0 N–H and O–H groups in total. The third-order valence-corrected chi connectivity index (χ3v) is 3.32. The van der Waals surface area contributed by atoms with E-state index in [1.165, 1.54) is 4.90 Å². The van der Waals surface area contributed by atoms with E-state index in [9.17, 15) is 8.78 Å². The lowest BCUT2D eigenvalue weighted by Gasteiger charge is -2.18. The van der Waals surface area contributed by atoms with E-state index in [0.717, 1.165) is 5.39 Å². The smallest absolute Gasteiger partial charge is 0.266 e. The molecule has 0 saturated carbocycles. The minimum Gasteiger partial charge on any atom is -0.350 e. The second-order valence-corrected chi connectivity index (χ2v) is 4.68. The first-order valence-electron chi connectivity index (χ1n) is 6.02. The van der Waals surface area contributed by atoms with Crippen molar-refractivity contribution in [1.82, 2.24) is 4.98 Å². The normalized spacial score (nSPS) is 17.6. The largest absolute Gasteiger partial charge is 0.350 e. The summed E-state index contributed by atoms with van der Waals surface area (Å²) < 4.78 is 26.5. The molecule has 2 aromatic rings. The van der Waals surface area contributed by atoms with Gasteiger partial charge in [-0.3, -0.25) is 0 Å². The van der Waals surface area contributed by atoms with Gasteiger partial charge in [0.25, 0.3) is 5.92 Å². The van der Waals surface area contributed by atoms with E-state index < -0.39 is 5.92 Å². The van der Waals surface area contributed by atoms with Gasteiger partial charge in [0.05, 0.1) is 23.7 Å². The molecule has 0 aliphatic carbocycles. The summed E-state index contributed by atoms with van der Waals surface area (Å²) in [5.41, 5.74) is 1.13. The van der Waals surface area contributed by atoms with Crippen LogP contribution in [0.4, 0.5) is 14.6 Å². The summed E-state index contributed by atoms with van der Waals surface area (Å²) in [4.78, 5) is 5.91. The Labute approximate surface area is 109 Å². The molecule has 1 aliphatic rings. The molecule has 19 heavy (non-hydrogen) atoms. The maximum atomic E-state index is 13.2. The Balaban J connectivity index is 2.09. The van der Waals surface area contributed by atoms with Gasteiger partial charge in [0.2, 0.25) is 0 Å². The van der Waals surface area contributed by atoms with Gasteiger partial charge in [0.1, 0.15) is 5.82 Å².